The molecule has 2 aliphatic heterocycles. The number of esters is 1. The summed E-state index contributed by atoms with van der Waals surface area (Å²) >= 11 is 4.57. The van der Waals surface area contributed by atoms with Crippen LogP contribution in [-0.2, 0) is 23.9 Å². The highest BCUT2D eigenvalue weighted by molar-refractivity contribution is 9.10. The zero-order valence-corrected chi connectivity index (χ0v) is 30.4. The third kappa shape index (κ3) is 8.69. The molecule has 3 amide bonds. The van der Waals surface area contributed by atoms with Crippen molar-refractivity contribution in [3.63, 3.8) is 0 Å². The lowest BCUT2D eigenvalue weighted by atomic mass is 10.0. The van der Waals surface area contributed by atoms with E-state index in [1.807, 2.05) is 12.2 Å². The Morgan fingerprint density at radius 2 is 1.92 bits per heavy atom. The Balaban J connectivity index is 1.48. The van der Waals surface area contributed by atoms with Gasteiger partial charge in [0, 0.05) is 31.3 Å². The van der Waals surface area contributed by atoms with Gasteiger partial charge in [-0.05, 0) is 87.1 Å². The van der Waals surface area contributed by atoms with Gasteiger partial charge in [0.15, 0.2) is 5.16 Å². The second-order valence-corrected chi connectivity index (χ2v) is 15.2. The molecule has 264 valence electrons. The average Bonchev–Trinajstić information content (AvgIpc) is 3.56. The number of rotatable bonds is 6. The summed E-state index contributed by atoms with van der Waals surface area (Å²) in [6.45, 7) is 7.01. The van der Waals surface area contributed by atoms with Crippen LogP contribution in [0.2, 0.25) is 0 Å². The van der Waals surface area contributed by atoms with E-state index >= 15 is 0 Å². The van der Waals surface area contributed by atoms with E-state index in [-0.39, 0.29) is 30.0 Å². The van der Waals surface area contributed by atoms with Crippen LogP contribution in [-0.4, -0.2) is 84.9 Å². The molecule has 2 N–H and O–H groups in total. The molecule has 49 heavy (non-hydrogen) atoms. The number of hydrogen-bond donors (Lipinski definition) is 2. The maximum Gasteiger partial charge on any atom is 0.408 e. The highest BCUT2D eigenvalue weighted by atomic mass is 79.9. The molecule has 1 unspecified atom stereocenters. The first-order valence-corrected chi connectivity index (χ1v) is 18.1. The van der Waals surface area contributed by atoms with Crippen molar-refractivity contribution in [2.45, 2.75) is 112 Å². The average molecular weight is 761 g/mol. The highest BCUT2D eigenvalue weighted by Gasteiger charge is 2.62. The second-order valence-electron chi connectivity index (χ2n) is 13.4. The van der Waals surface area contributed by atoms with Crippen LogP contribution in [0, 0.1) is 5.92 Å². The quantitative estimate of drug-likeness (QED) is 0.248. The van der Waals surface area contributed by atoms with Gasteiger partial charge in [-0.15, -0.1) is 0 Å². The molecule has 14 nitrogen and oxygen atoms in total. The van der Waals surface area contributed by atoms with Crippen molar-refractivity contribution >= 4 is 51.6 Å². The lowest BCUT2D eigenvalue weighted by Gasteiger charge is -2.30. The molecule has 16 heteroatoms. The van der Waals surface area contributed by atoms with Crippen LogP contribution in [0.25, 0.3) is 0 Å². The van der Waals surface area contributed by atoms with Crippen LogP contribution in [0.15, 0.2) is 56.1 Å². The van der Waals surface area contributed by atoms with Crippen LogP contribution in [0.3, 0.4) is 0 Å². The van der Waals surface area contributed by atoms with Crippen molar-refractivity contribution in [1.29, 1.82) is 0 Å². The minimum absolute atomic E-state index is 0.0349. The number of fused-ring (bicyclic) bond motifs is 2. The molecule has 4 heterocycles. The van der Waals surface area contributed by atoms with Gasteiger partial charge in [0.25, 0.3) is 5.56 Å². The molecule has 1 saturated carbocycles. The van der Waals surface area contributed by atoms with Crippen molar-refractivity contribution < 1.29 is 28.7 Å². The maximum atomic E-state index is 14.3. The topological polar surface area (TPSA) is 175 Å². The molecule has 0 aromatic carbocycles. The van der Waals surface area contributed by atoms with Gasteiger partial charge in [0.1, 0.15) is 27.7 Å². The molecule has 3 aliphatic rings. The van der Waals surface area contributed by atoms with E-state index < -0.39 is 58.7 Å². The SMILES string of the molecule is CCOC(=O)[C@@]12CC1C=CCCCCC[C@H](NC(=O)OC(C)(C)C)C(=O)N1C[C@H](n3ncc(Sc4ncccn4)c(Br)c3=O)C[C@H]1C(=O)N2. The second kappa shape index (κ2) is 15.4. The van der Waals surface area contributed by atoms with Crippen molar-refractivity contribution in [2.75, 3.05) is 13.2 Å². The van der Waals surface area contributed by atoms with E-state index in [9.17, 15) is 24.0 Å². The Bertz CT molecular complexity index is 1650. The number of halogens is 1. The van der Waals surface area contributed by atoms with Gasteiger partial charge in [-0.1, -0.05) is 25.0 Å². The number of amides is 3. The van der Waals surface area contributed by atoms with Gasteiger partial charge in [-0.2, -0.15) is 5.10 Å². The largest absolute Gasteiger partial charge is 0.464 e. The summed E-state index contributed by atoms with van der Waals surface area (Å²) in [4.78, 5) is 78.5. The molecule has 1 saturated heterocycles. The predicted octanol–water partition coefficient (Wildman–Crippen LogP) is 3.94. The van der Waals surface area contributed by atoms with Crippen molar-refractivity contribution in [2.24, 2.45) is 5.92 Å². The van der Waals surface area contributed by atoms with Crippen LogP contribution in [0.4, 0.5) is 4.79 Å². The van der Waals surface area contributed by atoms with Crippen molar-refractivity contribution in [3.05, 3.63) is 51.6 Å². The summed E-state index contributed by atoms with van der Waals surface area (Å²) in [5, 5.41) is 10.5. The minimum Gasteiger partial charge on any atom is -0.464 e. The molecular formula is C33H42BrN7O7S. The Morgan fingerprint density at radius 1 is 1.16 bits per heavy atom. The number of hydrogen-bond acceptors (Lipinski definition) is 11. The van der Waals surface area contributed by atoms with E-state index in [1.54, 1.807) is 46.2 Å². The van der Waals surface area contributed by atoms with Gasteiger partial charge in [0.2, 0.25) is 11.8 Å². The Hall–Kier alpha value is -3.79. The van der Waals surface area contributed by atoms with Gasteiger partial charge in [0.05, 0.1) is 23.7 Å². The summed E-state index contributed by atoms with van der Waals surface area (Å²) < 4.78 is 12.3. The molecule has 0 radical (unpaired) electrons. The number of allylic oxidation sites excluding steroid dienone is 1. The zero-order chi connectivity index (χ0) is 35.3. The molecular weight excluding hydrogens is 718 g/mol. The molecule has 2 aromatic heterocycles. The summed E-state index contributed by atoms with van der Waals surface area (Å²) in [5.41, 5.74) is -2.50. The third-order valence-electron chi connectivity index (χ3n) is 8.59. The van der Waals surface area contributed by atoms with Gasteiger partial charge < -0.3 is 25.0 Å². The number of nitrogens with one attached hydrogen (secondary N) is 2. The number of carbonyl (C=O) groups excluding carboxylic acids is 4. The maximum absolute atomic E-state index is 14.3. The molecule has 0 bridgehead atoms. The first-order chi connectivity index (χ1) is 23.3. The van der Waals surface area contributed by atoms with Gasteiger partial charge in [-0.3, -0.25) is 14.4 Å². The fourth-order valence-electron chi connectivity index (χ4n) is 6.15. The predicted molar refractivity (Wildman–Crippen MR) is 183 cm³/mol. The van der Waals surface area contributed by atoms with Crippen LogP contribution in [0.1, 0.15) is 78.7 Å². The zero-order valence-electron chi connectivity index (χ0n) is 28.0. The highest BCUT2D eigenvalue weighted by Crippen LogP contribution is 2.46. The Morgan fingerprint density at radius 3 is 2.63 bits per heavy atom. The molecule has 1 aliphatic carbocycles. The lowest BCUT2D eigenvalue weighted by Crippen LogP contribution is -2.56. The molecule has 0 spiro atoms. The van der Waals surface area contributed by atoms with Crippen LogP contribution < -0.4 is 16.2 Å². The minimum atomic E-state index is -1.25. The smallest absolute Gasteiger partial charge is 0.408 e. The first kappa shape index (κ1) is 36.5. The van der Waals surface area contributed by atoms with Crippen LogP contribution in [0.5, 0.6) is 0 Å². The first-order valence-electron chi connectivity index (χ1n) is 16.5. The lowest BCUT2D eigenvalue weighted by molar-refractivity contribution is -0.150. The normalized spacial score (nSPS) is 26.0. The summed E-state index contributed by atoms with van der Waals surface area (Å²) in [6.07, 6.45) is 11.7. The van der Waals surface area contributed by atoms with Crippen LogP contribution >= 0.6 is 27.7 Å². The standard InChI is InChI=1S/C33H42BrN7O7S/c1-5-47-29(45)33-17-20(33)12-9-7-6-8-10-13-22(38-31(46)48-32(2,3)4)27(43)40-19-21(16-23(40)26(42)39-33)41-28(44)25(34)24(18-37-41)49-30-35-14-11-15-36-30/h9,11-12,14-15,18,20-23H,5-8,10,13,16-17,19H2,1-4H3,(H,38,46)(H,39,42)/t20?,21-,22+,23+,33-/m1/s1. The van der Waals surface area contributed by atoms with E-state index in [0.29, 0.717) is 29.3 Å². The molecule has 2 aromatic rings. The number of ether oxygens (including phenoxy) is 2. The summed E-state index contributed by atoms with van der Waals surface area (Å²) in [6, 6.07) is -1.06. The van der Waals surface area contributed by atoms with E-state index in [4.69, 9.17) is 9.47 Å². The summed E-state index contributed by atoms with van der Waals surface area (Å²) in [5.74, 6) is -1.82. The van der Waals surface area contributed by atoms with Crippen molar-refractivity contribution in [1.82, 2.24) is 35.3 Å². The molecule has 5 atom stereocenters. The fraction of sp³-hybridized carbons (Fsp3) is 0.576. The van der Waals surface area contributed by atoms with E-state index in [1.165, 1.54) is 27.5 Å². The Kier molecular flexibility index (Phi) is 11.5. The summed E-state index contributed by atoms with van der Waals surface area (Å²) in [7, 11) is 0. The number of carbonyl (C=O) groups is 4. The van der Waals surface area contributed by atoms with Gasteiger partial charge >= 0.3 is 12.1 Å². The van der Waals surface area contributed by atoms with E-state index in [2.05, 4.69) is 41.6 Å². The van der Waals surface area contributed by atoms with Gasteiger partial charge in [-0.25, -0.2) is 24.2 Å². The molecule has 2 fully saturated rings. The number of nitrogens with zero attached hydrogens (tertiary/aromatic N) is 5. The van der Waals surface area contributed by atoms with E-state index in [0.717, 1.165) is 19.3 Å². The number of aromatic nitrogens is 4. The Labute approximate surface area is 297 Å². The van der Waals surface area contributed by atoms with Crippen molar-refractivity contribution in [3.8, 4) is 0 Å². The number of alkyl carbamates (subject to hydrolysis) is 1. The molecule has 5 rings (SSSR count). The monoisotopic (exact) mass is 759 g/mol. The third-order valence-corrected chi connectivity index (χ3v) is 10.5. The fourth-order valence-corrected chi connectivity index (χ4v) is 7.38.